The van der Waals surface area contributed by atoms with Gasteiger partial charge < -0.3 is 20.5 Å². The molecular formula is C27H27ClN6O3. The van der Waals surface area contributed by atoms with Gasteiger partial charge in [0.15, 0.2) is 11.6 Å². The van der Waals surface area contributed by atoms with Crippen LogP contribution in [-0.2, 0) is 24.2 Å². The largest absolute Gasteiger partial charge is 0.453 e. The Morgan fingerprint density at radius 2 is 2.03 bits per heavy atom. The zero-order chi connectivity index (χ0) is 26.1. The van der Waals surface area contributed by atoms with E-state index in [-0.39, 0.29) is 24.8 Å². The first-order valence-corrected chi connectivity index (χ1v) is 12.3. The van der Waals surface area contributed by atoms with E-state index in [2.05, 4.69) is 15.1 Å². The van der Waals surface area contributed by atoms with Gasteiger partial charge in [0, 0.05) is 47.6 Å². The van der Waals surface area contributed by atoms with Crippen LogP contribution in [0.25, 0.3) is 11.1 Å². The van der Waals surface area contributed by atoms with Crippen molar-refractivity contribution in [3.63, 3.8) is 0 Å². The summed E-state index contributed by atoms with van der Waals surface area (Å²) in [6.07, 6.45) is 5.86. The minimum atomic E-state index is -0.00915. The van der Waals surface area contributed by atoms with Crippen molar-refractivity contribution in [3.05, 3.63) is 76.5 Å². The second-order valence-electron chi connectivity index (χ2n) is 8.98. The molecule has 0 spiro atoms. The summed E-state index contributed by atoms with van der Waals surface area (Å²) in [5, 5.41) is 14.3. The summed E-state index contributed by atoms with van der Waals surface area (Å²) < 4.78 is 7.93. The van der Waals surface area contributed by atoms with E-state index in [0.29, 0.717) is 29.6 Å². The van der Waals surface area contributed by atoms with Crippen molar-refractivity contribution in [2.24, 2.45) is 0 Å². The fraction of sp³-hybridized carbons (Fsp3) is 0.259. The molecule has 9 nitrogen and oxygen atoms in total. The summed E-state index contributed by atoms with van der Waals surface area (Å²) in [5.74, 6) is 1.31. The number of pyridine rings is 2. The fourth-order valence-corrected chi connectivity index (χ4v) is 4.95. The number of halogens is 1. The Labute approximate surface area is 219 Å². The molecule has 1 amide bonds. The molecule has 3 N–H and O–H groups in total. The molecule has 4 aromatic rings. The van der Waals surface area contributed by atoms with Crippen LogP contribution in [0.2, 0.25) is 5.02 Å². The number of carbonyl (C=O) groups excluding carboxylic acids is 1. The van der Waals surface area contributed by atoms with E-state index >= 15 is 0 Å². The first-order valence-electron chi connectivity index (χ1n) is 12.0. The Morgan fingerprint density at radius 1 is 1.19 bits per heavy atom. The molecule has 37 heavy (non-hydrogen) atoms. The van der Waals surface area contributed by atoms with Crippen molar-refractivity contribution in [2.45, 2.75) is 33.2 Å². The molecule has 1 aliphatic rings. The number of anilines is 2. The number of aliphatic hydroxyl groups is 1. The average molecular weight is 519 g/mol. The Kier molecular flexibility index (Phi) is 6.82. The smallest absolute Gasteiger partial charge is 0.231 e. The summed E-state index contributed by atoms with van der Waals surface area (Å²) in [6.45, 7) is 4.90. The van der Waals surface area contributed by atoms with Gasteiger partial charge in [-0.3, -0.25) is 14.5 Å². The van der Waals surface area contributed by atoms with E-state index in [4.69, 9.17) is 22.1 Å². The second kappa shape index (κ2) is 10.2. The summed E-state index contributed by atoms with van der Waals surface area (Å²) >= 11 is 6.01. The van der Waals surface area contributed by atoms with Crippen molar-refractivity contribution in [2.75, 3.05) is 23.8 Å². The molecule has 0 bridgehead atoms. The number of hydrogen-bond donors (Lipinski definition) is 2. The van der Waals surface area contributed by atoms with E-state index in [0.717, 1.165) is 45.7 Å². The van der Waals surface area contributed by atoms with Crippen LogP contribution in [0.4, 0.5) is 11.5 Å². The maximum absolute atomic E-state index is 13.0. The molecule has 3 aromatic heterocycles. The summed E-state index contributed by atoms with van der Waals surface area (Å²) in [5.41, 5.74) is 12.3. The Morgan fingerprint density at radius 3 is 2.81 bits per heavy atom. The van der Waals surface area contributed by atoms with E-state index < -0.39 is 0 Å². The number of nitrogen functional groups attached to an aromatic ring is 1. The summed E-state index contributed by atoms with van der Waals surface area (Å²) in [6, 6.07) is 9.27. The van der Waals surface area contributed by atoms with Crippen molar-refractivity contribution in [1.82, 2.24) is 19.7 Å². The third kappa shape index (κ3) is 5.00. The molecule has 0 atom stereocenters. The highest BCUT2D eigenvalue weighted by Gasteiger charge is 2.25. The first kappa shape index (κ1) is 24.7. The number of aliphatic hydroxyl groups excluding tert-OH is 1. The van der Waals surface area contributed by atoms with E-state index in [1.54, 1.807) is 34.2 Å². The van der Waals surface area contributed by atoms with E-state index in [1.807, 2.05) is 38.1 Å². The molecule has 0 saturated heterocycles. The number of nitrogens with zero attached hydrogens (tertiary/aromatic N) is 5. The van der Waals surface area contributed by atoms with E-state index in [9.17, 15) is 9.90 Å². The van der Waals surface area contributed by atoms with Crippen LogP contribution in [0.3, 0.4) is 0 Å². The van der Waals surface area contributed by atoms with E-state index in [1.165, 1.54) is 0 Å². The van der Waals surface area contributed by atoms with Crippen LogP contribution in [0.5, 0.6) is 11.5 Å². The Bertz CT molecular complexity index is 1490. The van der Waals surface area contributed by atoms with Crippen LogP contribution in [0, 0.1) is 13.8 Å². The van der Waals surface area contributed by atoms with Crippen molar-refractivity contribution in [1.29, 1.82) is 0 Å². The number of amides is 1. The highest BCUT2D eigenvalue weighted by Crippen LogP contribution is 2.37. The van der Waals surface area contributed by atoms with Gasteiger partial charge in [0.2, 0.25) is 5.91 Å². The van der Waals surface area contributed by atoms with Crippen molar-refractivity contribution >= 4 is 29.0 Å². The number of fused-ring (bicyclic) bond motifs is 1. The molecule has 0 unspecified atom stereocenters. The number of nitrogens with two attached hydrogens (primary N) is 1. The van der Waals surface area contributed by atoms with Crippen molar-refractivity contribution < 1.29 is 14.6 Å². The maximum atomic E-state index is 13.0. The lowest BCUT2D eigenvalue weighted by atomic mass is 10.1. The third-order valence-electron chi connectivity index (χ3n) is 6.46. The number of hydrogen-bond acceptors (Lipinski definition) is 7. The lowest BCUT2D eigenvalue weighted by molar-refractivity contribution is -0.117. The highest BCUT2D eigenvalue weighted by molar-refractivity contribution is 6.30. The average Bonchev–Trinajstić information content (AvgIpc) is 3.41. The van der Waals surface area contributed by atoms with Gasteiger partial charge in [-0.1, -0.05) is 11.6 Å². The lowest BCUT2D eigenvalue weighted by Gasteiger charge is -2.18. The topological polar surface area (TPSA) is 119 Å². The molecule has 0 radical (unpaired) electrons. The zero-order valence-corrected chi connectivity index (χ0v) is 21.4. The molecule has 0 aliphatic carbocycles. The minimum Gasteiger partial charge on any atom is -0.453 e. The van der Waals surface area contributed by atoms with Gasteiger partial charge in [-0.25, -0.2) is 4.98 Å². The number of ether oxygens (including phenoxy) is 1. The Balaban J connectivity index is 1.36. The SMILES string of the molecule is Cc1nn(CCO)c(C)c1-c1cnc(N)c(Oc2ccc3c(c2)CCN3C(=O)Cc2cncc(Cl)c2)c1. The second-order valence-corrected chi connectivity index (χ2v) is 9.41. The standard InChI is InChI=1S/C27H27ClN6O3/c1-16-26(17(2)34(32-16)7-8-35)20-12-24(27(29)31-14-20)37-22-3-4-23-19(11-22)5-6-33(23)25(36)10-18-9-21(28)15-30-13-18/h3-4,9,11-15,35H,5-8,10H2,1-2H3,(H2,29,31). The highest BCUT2D eigenvalue weighted by atomic mass is 35.5. The Hall–Kier alpha value is -3.95. The molecule has 0 saturated carbocycles. The minimum absolute atomic E-state index is 0.00885. The van der Waals surface area contributed by atoms with Gasteiger partial charge in [0.1, 0.15) is 5.75 Å². The lowest BCUT2D eigenvalue weighted by Crippen LogP contribution is -2.30. The third-order valence-corrected chi connectivity index (χ3v) is 6.66. The number of aromatic nitrogens is 4. The molecule has 10 heteroatoms. The zero-order valence-electron chi connectivity index (χ0n) is 20.6. The molecule has 4 heterocycles. The van der Waals surface area contributed by atoms with Gasteiger partial charge in [-0.15, -0.1) is 0 Å². The molecule has 1 aliphatic heterocycles. The molecule has 1 aromatic carbocycles. The van der Waals surface area contributed by atoms with Gasteiger partial charge >= 0.3 is 0 Å². The molecular weight excluding hydrogens is 492 g/mol. The predicted octanol–water partition coefficient (Wildman–Crippen LogP) is 4.11. The van der Waals surface area contributed by atoms with Gasteiger partial charge in [-0.2, -0.15) is 5.10 Å². The van der Waals surface area contributed by atoms with Gasteiger partial charge in [0.05, 0.1) is 30.3 Å². The molecule has 5 rings (SSSR count). The van der Waals surface area contributed by atoms with Crippen LogP contribution in [0.15, 0.2) is 48.9 Å². The van der Waals surface area contributed by atoms with Crippen molar-refractivity contribution in [3.8, 4) is 22.6 Å². The number of rotatable bonds is 7. The number of carbonyl (C=O) groups is 1. The maximum Gasteiger partial charge on any atom is 0.231 e. The van der Waals surface area contributed by atoms with Gasteiger partial charge in [-0.05, 0) is 61.7 Å². The van der Waals surface area contributed by atoms with Gasteiger partial charge in [0.25, 0.3) is 0 Å². The molecule has 190 valence electrons. The molecule has 0 fully saturated rings. The predicted molar refractivity (Wildman–Crippen MR) is 142 cm³/mol. The monoisotopic (exact) mass is 518 g/mol. The van der Waals surface area contributed by atoms with Crippen LogP contribution in [-0.4, -0.2) is 43.9 Å². The first-order chi connectivity index (χ1) is 17.8. The summed E-state index contributed by atoms with van der Waals surface area (Å²) in [7, 11) is 0. The fourth-order valence-electron chi connectivity index (χ4n) is 4.75. The summed E-state index contributed by atoms with van der Waals surface area (Å²) in [4.78, 5) is 23.1. The normalized spacial score (nSPS) is 12.6. The van der Waals surface area contributed by atoms with Crippen LogP contribution < -0.4 is 15.4 Å². The van der Waals surface area contributed by atoms with Crippen LogP contribution in [0.1, 0.15) is 22.5 Å². The number of aryl methyl sites for hydroxylation is 1. The number of benzene rings is 1. The quantitative estimate of drug-likeness (QED) is 0.378. The van der Waals surface area contributed by atoms with Crippen LogP contribution >= 0.6 is 11.6 Å².